The van der Waals surface area contributed by atoms with Crippen LogP contribution < -0.4 is 5.32 Å². The van der Waals surface area contributed by atoms with Crippen molar-refractivity contribution in [2.24, 2.45) is 5.92 Å². The molecule has 0 aromatic rings. The number of rotatable bonds is 4. The van der Waals surface area contributed by atoms with Crippen LogP contribution in [-0.2, 0) is 9.59 Å². The van der Waals surface area contributed by atoms with Gasteiger partial charge in [-0.1, -0.05) is 51.7 Å². The van der Waals surface area contributed by atoms with Crippen LogP contribution in [0.3, 0.4) is 0 Å². The summed E-state index contributed by atoms with van der Waals surface area (Å²) in [6.07, 6.45) is 9.60. The zero-order chi connectivity index (χ0) is 15.5. The number of allylic oxidation sites excluding steroid dienone is 1. The third-order valence-electron chi connectivity index (χ3n) is 5.06. The first-order valence-corrected chi connectivity index (χ1v) is 8.30. The van der Waals surface area contributed by atoms with Crippen LogP contribution in [0.1, 0.15) is 59.3 Å². The molecule has 1 heterocycles. The van der Waals surface area contributed by atoms with Crippen molar-refractivity contribution in [1.82, 2.24) is 10.2 Å². The monoisotopic (exact) mass is 292 g/mol. The summed E-state index contributed by atoms with van der Waals surface area (Å²) < 4.78 is 0. The van der Waals surface area contributed by atoms with Crippen molar-refractivity contribution >= 4 is 11.8 Å². The lowest BCUT2D eigenvalue weighted by atomic mass is 9.77. The van der Waals surface area contributed by atoms with Crippen molar-refractivity contribution in [2.45, 2.75) is 70.9 Å². The molecule has 0 aromatic heterocycles. The summed E-state index contributed by atoms with van der Waals surface area (Å²) in [6, 6.07) is -0.328. The Hall–Kier alpha value is -1.32. The van der Waals surface area contributed by atoms with Crippen LogP contribution in [-0.4, -0.2) is 34.8 Å². The molecule has 1 saturated carbocycles. The number of carbonyl (C=O) groups is 2. The maximum atomic E-state index is 13.1. The Bertz CT molecular complexity index is 425. The third kappa shape index (κ3) is 2.99. The molecule has 2 fully saturated rings. The molecule has 2 rings (SSSR count). The van der Waals surface area contributed by atoms with Crippen molar-refractivity contribution in [2.75, 3.05) is 6.54 Å². The maximum absolute atomic E-state index is 13.1. The number of nitrogens with zero attached hydrogens (tertiary/aromatic N) is 1. The van der Waals surface area contributed by atoms with Gasteiger partial charge in [-0.3, -0.25) is 9.59 Å². The molecule has 1 aliphatic carbocycles. The Morgan fingerprint density at radius 2 is 2.00 bits per heavy atom. The zero-order valence-electron chi connectivity index (χ0n) is 13.5. The minimum Gasteiger partial charge on any atom is -0.340 e. The first kappa shape index (κ1) is 16.1. The van der Waals surface area contributed by atoms with E-state index in [9.17, 15) is 9.59 Å². The number of nitrogens with one attached hydrogen (secondary N) is 1. The molecule has 118 valence electrons. The summed E-state index contributed by atoms with van der Waals surface area (Å²) >= 11 is 0. The number of carbonyl (C=O) groups excluding carboxylic acids is 2. The molecule has 0 bridgehead atoms. The van der Waals surface area contributed by atoms with Crippen molar-refractivity contribution in [1.29, 1.82) is 0 Å². The summed E-state index contributed by atoms with van der Waals surface area (Å²) in [6.45, 7) is 6.61. The zero-order valence-corrected chi connectivity index (χ0v) is 13.5. The standard InChI is InChI=1S/C17H28N2O2/c1-4-6-12-19-14(13(3)5-2)15(20)18-17(16(19)21)10-8-7-9-11-17/h4,6,13-14H,5,7-12H2,1-3H3,(H,18,20)/b6-4+. The van der Waals surface area contributed by atoms with E-state index in [0.717, 1.165) is 38.5 Å². The van der Waals surface area contributed by atoms with Crippen LogP contribution in [0.4, 0.5) is 0 Å². The number of amides is 2. The van der Waals surface area contributed by atoms with Crippen molar-refractivity contribution in [3.05, 3.63) is 12.2 Å². The summed E-state index contributed by atoms with van der Waals surface area (Å²) in [4.78, 5) is 27.5. The minimum atomic E-state index is -0.624. The van der Waals surface area contributed by atoms with E-state index in [1.54, 1.807) is 0 Å². The Balaban J connectivity index is 2.30. The van der Waals surface area contributed by atoms with Gasteiger partial charge < -0.3 is 10.2 Å². The van der Waals surface area contributed by atoms with E-state index >= 15 is 0 Å². The van der Waals surface area contributed by atoms with E-state index in [0.29, 0.717) is 6.54 Å². The minimum absolute atomic E-state index is 0.0374. The average molecular weight is 292 g/mol. The summed E-state index contributed by atoms with van der Waals surface area (Å²) in [7, 11) is 0. The van der Waals surface area contributed by atoms with Gasteiger partial charge in [0, 0.05) is 6.54 Å². The lowest BCUT2D eigenvalue weighted by molar-refractivity contribution is -0.158. The van der Waals surface area contributed by atoms with Gasteiger partial charge in [-0.15, -0.1) is 0 Å². The molecule has 2 atom stereocenters. The molecule has 2 unspecified atom stereocenters. The van der Waals surface area contributed by atoms with Gasteiger partial charge in [0.1, 0.15) is 11.6 Å². The normalized spacial score (nSPS) is 27.2. The fraction of sp³-hybridized carbons (Fsp3) is 0.765. The van der Waals surface area contributed by atoms with Gasteiger partial charge >= 0.3 is 0 Å². The maximum Gasteiger partial charge on any atom is 0.249 e. The third-order valence-corrected chi connectivity index (χ3v) is 5.06. The van der Waals surface area contributed by atoms with Crippen LogP contribution in [0.25, 0.3) is 0 Å². The van der Waals surface area contributed by atoms with Gasteiger partial charge in [0.15, 0.2) is 0 Å². The number of hydrogen-bond donors (Lipinski definition) is 1. The predicted molar refractivity (Wildman–Crippen MR) is 83.7 cm³/mol. The molecule has 0 radical (unpaired) electrons. The highest BCUT2D eigenvalue weighted by Gasteiger charge is 2.51. The van der Waals surface area contributed by atoms with Gasteiger partial charge in [0.05, 0.1) is 0 Å². The quantitative estimate of drug-likeness (QED) is 0.810. The summed E-state index contributed by atoms with van der Waals surface area (Å²) in [5.41, 5.74) is -0.624. The highest BCUT2D eigenvalue weighted by molar-refractivity contribution is 6.00. The predicted octanol–water partition coefficient (Wildman–Crippen LogP) is 2.64. The van der Waals surface area contributed by atoms with Gasteiger partial charge in [0.25, 0.3) is 0 Å². The van der Waals surface area contributed by atoms with Gasteiger partial charge in [-0.05, 0) is 25.7 Å². The van der Waals surface area contributed by atoms with Crippen LogP contribution in [0, 0.1) is 5.92 Å². The van der Waals surface area contributed by atoms with Crippen molar-refractivity contribution in [3.63, 3.8) is 0 Å². The van der Waals surface area contributed by atoms with Crippen LogP contribution in [0.15, 0.2) is 12.2 Å². The van der Waals surface area contributed by atoms with E-state index in [4.69, 9.17) is 0 Å². The number of piperazine rings is 1. The molecule has 4 nitrogen and oxygen atoms in total. The summed E-state index contributed by atoms with van der Waals surface area (Å²) in [5.74, 6) is 0.348. The van der Waals surface area contributed by atoms with E-state index in [1.165, 1.54) is 0 Å². The van der Waals surface area contributed by atoms with Gasteiger partial charge in [0.2, 0.25) is 11.8 Å². The second-order valence-electron chi connectivity index (χ2n) is 6.49. The van der Waals surface area contributed by atoms with Crippen molar-refractivity contribution < 1.29 is 9.59 Å². The number of hydrogen-bond acceptors (Lipinski definition) is 2. The molecule has 1 saturated heterocycles. The highest BCUT2D eigenvalue weighted by atomic mass is 16.2. The topological polar surface area (TPSA) is 49.4 Å². The first-order valence-electron chi connectivity index (χ1n) is 8.30. The van der Waals surface area contributed by atoms with E-state index in [-0.39, 0.29) is 23.8 Å². The molecule has 2 aliphatic rings. The van der Waals surface area contributed by atoms with Crippen LogP contribution in [0.5, 0.6) is 0 Å². The second kappa shape index (κ2) is 6.63. The SMILES string of the molecule is C/C=C/CN1C(=O)C2(CCCCC2)NC(=O)C1C(C)CC. The molecule has 2 amide bonds. The summed E-state index contributed by atoms with van der Waals surface area (Å²) in [5, 5.41) is 3.10. The van der Waals surface area contributed by atoms with Crippen LogP contribution >= 0.6 is 0 Å². The van der Waals surface area contributed by atoms with Crippen molar-refractivity contribution in [3.8, 4) is 0 Å². The van der Waals surface area contributed by atoms with Crippen LogP contribution in [0.2, 0.25) is 0 Å². The molecular formula is C17H28N2O2. The van der Waals surface area contributed by atoms with E-state index in [2.05, 4.69) is 19.2 Å². The van der Waals surface area contributed by atoms with E-state index < -0.39 is 5.54 Å². The molecular weight excluding hydrogens is 264 g/mol. The molecule has 0 aromatic carbocycles. The first-order chi connectivity index (χ1) is 10.1. The van der Waals surface area contributed by atoms with Gasteiger partial charge in [-0.2, -0.15) is 0 Å². The lowest BCUT2D eigenvalue weighted by Crippen LogP contribution is -2.71. The fourth-order valence-electron chi connectivity index (χ4n) is 3.60. The Labute approximate surface area is 128 Å². The molecule has 1 aliphatic heterocycles. The Kier molecular flexibility index (Phi) is 5.07. The molecule has 4 heteroatoms. The largest absolute Gasteiger partial charge is 0.340 e. The smallest absolute Gasteiger partial charge is 0.249 e. The average Bonchev–Trinajstić information content (AvgIpc) is 2.49. The van der Waals surface area contributed by atoms with E-state index in [1.807, 2.05) is 24.0 Å². The fourth-order valence-corrected chi connectivity index (χ4v) is 3.60. The molecule has 21 heavy (non-hydrogen) atoms. The molecule has 1 spiro atoms. The van der Waals surface area contributed by atoms with Gasteiger partial charge in [-0.25, -0.2) is 0 Å². The molecule has 1 N–H and O–H groups in total. The lowest BCUT2D eigenvalue weighted by Gasteiger charge is -2.48. The highest BCUT2D eigenvalue weighted by Crippen LogP contribution is 2.35. The Morgan fingerprint density at radius 1 is 1.33 bits per heavy atom. The second-order valence-corrected chi connectivity index (χ2v) is 6.49. The Morgan fingerprint density at radius 3 is 2.57 bits per heavy atom.